The largest absolute Gasteiger partial charge is 0.378 e. The lowest BCUT2D eigenvalue weighted by Crippen LogP contribution is -2.27. The fourth-order valence-corrected chi connectivity index (χ4v) is 2.30. The molecule has 1 aliphatic carbocycles. The summed E-state index contributed by atoms with van der Waals surface area (Å²) in [7, 11) is 1.49. The van der Waals surface area contributed by atoms with Crippen molar-refractivity contribution >= 4 is 17.5 Å². The van der Waals surface area contributed by atoms with Gasteiger partial charge in [0.05, 0.1) is 6.61 Å². The molecule has 1 aliphatic rings. The molecule has 22 heavy (non-hydrogen) atoms. The summed E-state index contributed by atoms with van der Waals surface area (Å²) in [4.78, 5) is 28.1. The number of aromatic nitrogens is 3. The maximum absolute atomic E-state index is 12.3. The van der Waals surface area contributed by atoms with E-state index in [2.05, 4.69) is 15.4 Å². The zero-order valence-electron chi connectivity index (χ0n) is 12.2. The molecule has 0 spiro atoms. The lowest BCUT2D eigenvalue weighted by atomic mass is 10.2. The number of rotatable bonds is 6. The van der Waals surface area contributed by atoms with Gasteiger partial charge in [-0.1, -0.05) is 0 Å². The lowest BCUT2D eigenvalue weighted by molar-refractivity contribution is 0.0942. The predicted molar refractivity (Wildman–Crippen MR) is 77.3 cm³/mol. The van der Waals surface area contributed by atoms with Gasteiger partial charge in [0, 0.05) is 19.9 Å². The van der Waals surface area contributed by atoms with Crippen LogP contribution in [0.1, 0.15) is 39.4 Å². The predicted octanol–water partition coefficient (Wildman–Crippen LogP) is 0.114. The quantitative estimate of drug-likeness (QED) is 0.787. The molecule has 0 aliphatic heterocycles. The fourth-order valence-electron chi connectivity index (χ4n) is 2.30. The molecule has 2 amide bonds. The van der Waals surface area contributed by atoms with E-state index < -0.39 is 5.91 Å². The van der Waals surface area contributed by atoms with Gasteiger partial charge in [-0.2, -0.15) is 5.10 Å². The van der Waals surface area contributed by atoms with E-state index in [1.807, 2.05) is 0 Å². The van der Waals surface area contributed by atoms with Gasteiger partial charge in [0.1, 0.15) is 17.0 Å². The Morgan fingerprint density at radius 2 is 2.27 bits per heavy atom. The summed E-state index contributed by atoms with van der Waals surface area (Å²) < 4.78 is 6.37. The number of primary amides is 1. The second kappa shape index (κ2) is 5.72. The maximum atomic E-state index is 12.3. The number of hydrogen-bond acceptors (Lipinski definition) is 5. The molecule has 2 aromatic heterocycles. The molecule has 0 bridgehead atoms. The van der Waals surface area contributed by atoms with E-state index in [9.17, 15) is 9.59 Å². The van der Waals surface area contributed by atoms with Gasteiger partial charge in [0.15, 0.2) is 5.65 Å². The molecule has 8 nitrogen and oxygen atoms in total. The molecule has 0 unspecified atom stereocenters. The molecule has 0 saturated heterocycles. The van der Waals surface area contributed by atoms with Crippen LogP contribution in [0, 0.1) is 5.92 Å². The van der Waals surface area contributed by atoms with Gasteiger partial charge in [-0.25, -0.2) is 9.50 Å². The third-order valence-corrected chi connectivity index (χ3v) is 3.60. The highest BCUT2D eigenvalue weighted by molar-refractivity contribution is 6.01. The van der Waals surface area contributed by atoms with Crippen LogP contribution >= 0.6 is 0 Å². The normalized spacial score (nSPS) is 14.2. The summed E-state index contributed by atoms with van der Waals surface area (Å²) in [6.45, 7) is 0.766. The SMILES string of the molecule is COCc1nn2c(C(=O)NCC3CC3)ccnc2c1C(N)=O. The zero-order chi connectivity index (χ0) is 15.7. The number of nitrogens with zero attached hydrogens (tertiary/aromatic N) is 3. The molecule has 3 rings (SSSR count). The summed E-state index contributed by atoms with van der Waals surface area (Å²) in [5.41, 5.74) is 6.52. The Bertz CT molecular complexity index is 735. The molecule has 1 saturated carbocycles. The van der Waals surface area contributed by atoms with Crippen molar-refractivity contribution in [1.82, 2.24) is 19.9 Å². The zero-order valence-corrected chi connectivity index (χ0v) is 12.2. The fraction of sp³-hybridized carbons (Fsp3) is 0.429. The van der Waals surface area contributed by atoms with E-state index >= 15 is 0 Å². The lowest BCUT2D eigenvalue weighted by Gasteiger charge is -2.05. The number of hydrogen-bond donors (Lipinski definition) is 2. The van der Waals surface area contributed by atoms with Crippen LogP contribution < -0.4 is 11.1 Å². The summed E-state index contributed by atoms with van der Waals surface area (Å²) in [5, 5.41) is 7.12. The van der Waals surface area contributed by atoms with Crippen LogP contribution in [0.3, 0.4) is 0 Å². The standard InChI is InChI=1S/C14H17N5O3/c1-22-7-9-11(12(15)20)13-16-5-4-10(19(13)18-9)14(21)17-6-8-2-3-8/h4-5,8H,2-3,6-7H2,1H3,(H2,15,20)(H,17,21). The molecular formula is C14H17N5O3. The van der Waals surface area contributed by atoms with Gasteiger partial charge < -0.3 is 15.8 Å². The summed E-state index contributed by atoms with van der Waals surface area (Å²) in [6.07, 6.45) is 3.77. The second-order valence-electron chi connectivity index (χ2n) is 5.34. The molecular weight excluding hydrogens is 286 g/mol. The number of ether oxygens (including phenoxy) is 1. The highest BCUT2D eigenvalue weighted by Crippen LogP contribution is 2.27. The number of fused-ring (bicyclic) bond motifs is 1. The van der Waals surface area contributed by atoms with Crippen molar-refractivity contribution in [3.05, 3.63) is 29.2 Å². The Balaban J connectivity index is 2.01. The molecule has 0 atom stereocenters. The Kier molecular flexibility index (Phi) is 3.76. The minimum Gasteiger partial charge on any atom is -0.378 e. The van der Waals surface area contributed by atoms with Gasteiger partial charge >= 0.3 is 0 Å². The number of nitrogens with one attached hydrogen (secondary N) is 1. The number of methoxy groups -OCH3 is 1. The smallest absolute Gasteiger partial charge is 0.270 e. The van der Waals surface area contributed by atoms with Gasteiger partial charge in [-0.15, -0.1) is 0 Å². The first-order valence-corrected chi connectivity index (χ1v) is 7.05. The van der Waals surface area contributed by atoms with Crippen LogP contribution in [0.2, 0.25) is 0 Å². The van der Waals surface area contributed by atoms with Crippen molar-refractivity contribution in [2.75, 3.05) is 13.7 Å². The molecule has 8 heteroatoms. The van der Waals surface area contributed by atoms with Crippen LogP contribution in [0.4, 0.5) is 0 Å². The molecule has 0 radical (unpaired) electrons. The summed E-state index contributed by atoms with van der Waals surface area (Å²) in [5.74, 6) is -0.323. The first-order valence-electron chi connectivity index (χ1n) is 7.05. The van der Waals surface area contributed by atoms with E-state index in [4.69, 9.17) is 10.5 Å². The number of nitrogens with two attached hydrogens (primary N) is 1. The average molecular weight is 303 g/mol. The Labute approximate surface area is 126 Å². The van der Waals surface area contributed by atoms with Crippen LogP contribution in [-0.2, 0) is 11.3 Å². The van der Waals surface area contributed by atoms with Crippen molar-refractivity contribution < 1.29 is 14.3 Å². The van der Waals surface area contributed by atoms with Crippen molar-refractivity contribution in [2.24, 2.45) is 11.7 Å². The van der Waals surface area contributed by atoms with Crippen LogP contribution in [0.15, 0.2) is 12.3 Å². The first kappa shape index (κ1) is 14.5. The van der Waals surface area contributed by atoms with Gasteiger partial charge in [0.25, 0.3) is 11.8 Å². The molecule has 116 valence electrons. The van der Waals surface area contributed by atoms with Crippen molar-refractivity contribution in [2.45, 2.75) is 19.4 Å². The molecule has 2 heterocycles. The second-order valence-corrected chi connectivity index (χ2v) is 5.34. The van der Waals surface area contributed by atoms with Crippen LogP contribution in [-0.4, -0.2) is 40.1 Å². The minimum atomic E-state index is -0.648. The number of carbonyl (C=O) groups excluding carboxylic acids is 2. The third kappa shape index (κ3) is 2.64. The van der Waals surface area contributed by atoms with E-state index in [0.717, 1.165) is 12.8 Å². The Morgan fingerprint density at radius 1 is 1.50 bits per heavy atom. The van der Waals surface area contributed by atoms with Gasteiger partial charge in [-0.3, -0.25) is 9.59 Å². The van der Waals surface area contributed by atoms with E-state index in [0.29, 0.717) is 23.9 Å². The average Bonchev–Trinajstić information content (AvgIpc) is 3.24. The van der Waals surface area contributed by atoms with Crippen LogP contribution in [0.5, 0.6) is 0 Å². The molecule has 3 N–H and O–H groups in total. The highest BCUT2D eigenvalue weighted by atomic mass is 16.5. The van der Waals surface area contributed by atoms with Crippen LogP contribution in [0.25, 0.3) is 5.65 Å². The highest BCUT2D eigenvalue weighted by Gasteiger charge is 2.24. The molecule has 1 fully saturated rings. The monoisotopic (exact) mass is 303 g/mol. The van der Waals surface area contributed by atoms with E-state index in [1.165, 1.54) is 17.8 Å². The van der Waals surface area contributed by atoms with Gasteiger partial charge in [0.2, 0.25) is 0 Å². The Morgan fingerprint density at radius 3 is 2.91 bits per heavy atom. The Hall–Kier alpha value is -2.48. The summed E-state index contributed by atoms with van der Waals surface area (Å²) >= 11 is 0. The third-order valence-electron chi connectivity index (χ3n) is 3.60. The first-order chi connectivity index (χ1) is 10.6. The van der Waals surface area contributed by atoms with Crippen molar-refractivity contribution in [3.8, 4) is 0 Å². The summed E-state index contributed by atoms with van der Waals surface area (Å²) in [6, 6.07) is 1.56. The van der Waals surface area contributed by atoms with Crippen molar-refractivity contribution in [1.29, 1.82) is 0 Å². The maximum Gasteiger partial charge on any atom is 0.270 e. The number of carbonyl (C=O) groups is 2. The topological polar surface area (TPSA) is 112 Å². The van der Waals surface area contributed by atoms with E-state index in [-0.39, 0.29) is 23.7 Å². The molecule has 0 aromatic carbocycles. The van der Waals surface area contributed by atoms with Crippen molar-refractivity contribution in [3.63, 3.8) is 0 Å². The van der Waals surface area contributed by atoms with E-state index in [1.54, 1.807) is 6.07 Å². The van der Waals surface area contributed by atoms with Gasteiger partial charge in [-0.05, 0) is 24.8 Å². The minimum absolute atomic E-state index is 0.116. The molecule has 2 aromatic rings. The number of amides is 2.